The molecule has 0 bridgehead atoms. The molecule has 3 aromatic rings. The van der Waals surface area contributed by atoms with E-state index in [1.807, 2.05) is 7.05 Å². The number of rotatable bonds is 9. The summed E-state index contributed by atoms with van der Waals surface area (Å²) >= 11 is 6.25. The number of amides is 1. The Morgan fingerprint density at radius 1 is 1.09 bits per heavy atom. The number of piperazine rings is 1. The number of likely N-dealkylation sites (N-methyl/N-ethyl adjacent to an activating group) is 1. The first-order chi connectivity index (χ1) is 20.3. The number of hydrogen-bond acceptors (Lipinski definition) is 13. The number of anilines is 2. The summed E-state index contributed by atoms with van der Waals surface area (Å²) in [6, 6.07) is 6.31. The van der Waals surface area contributed by atoms with Crippen LogP contribution in [0, 0.1) is 0 Å². The topological polar surface area (TPSA) is 175 Å². The van der Waals surface area contributed by atoms with Crippen molar-refractivity contribution in [1.29, 1.82) is 0 Å². The number of ether oxygens (including phenoxy) is 3. The molecule has 2 aromatic heterocycles. The Morgan fingerprint density at radius 2 is 1.81 bits per heavy atom. The van der Waals surface area contributed by atoms with Crippen LogP contribution in [0.1, 0.15) is 34.7 Å². The van der Waals surface area contributed by atoms with Gasteiger partial charge in [-0.15, -0.1) is 5.10 Å². The van der Waals surface area contributed by atoms with Crippen molar-refractivity contribution in [3.63, 3.8) is 0 Å². The molecular formula is C26H30ClN7O8S. The second-order valence-electron chi connectivity index (χ2n) is 9.88. The van der Waals surface area contributed by atoms with Crippen LogP contribution in [-0.4, -0.2) is 104 Å². The van der Waals surface area contributed by atoms with Crippen LogP contribution in [0.5, 0.6) is 0 Å². The minimum Gasteiger partial charge on any atom is -0.431 e. The van der Waals surface area contributed by atoms with Gasteiger partial charge in [0.25, 0.3) is 5.91 Å². The van der Waals surface area contributed by atoms with Gasteiger partial charge in [0.1, 0.15) is 0 Å². The summed E-state index contributed by atoms with van der Waals surface area (Å²) in [5, 5.41) is 10.3. The number of benzene rings is 1. The van der Waals surface area contributed by atoms with Crippen molar-refractivity contribution >= 4 is 50.8 Å². The number of esters is 1. The Hall–Kier alpha value is -4.28. The van der Waals surface area contributed by atoms with Gasteiger partial charge in [0.2, 0.25) is 6.79 Å². The molecular weight excluding hydrogens is 606 g/mol. The minimum absolute atomic E-state index is 0.0194. The van der Waals surface area contributed by atoms with E-state index in [0.717, 1.165) is 37.3 Å². The molecule has 1 N–H and O–H groups in total. The largest absolute Gasteiger partial charge is 0.511 e. The molecule has 0 unspecified atom stereocenters. The summed E-state index contributed by atoms with van der Waals surface area (Å²) in [6.07, 6.45) is 2.04. The van der Waals surface area contributed by atoms with E-state index in [0.29, 0.717) is 24.5 Å². The lowest BCUT2D eigenvalue weighted by molar-refractivity contribution is -0.0348. The predicted octanol–water partition coefficient (Wildman–Crippen LogP) is 2.40. The molecule has 1 saturated heterocycles. The SMILES string of the molecule is CC(C)OC(=O)OCOC(=O)c1cn(-c2ccc(N3CCN(C)CC3)c(NC(=O)c3cnc(S(C)(=O)=O)cc3Cl)c2)nn1. The van der Waals surface area contributed by atoms with E-state index < -0.39 is 40.8 Å². The van der Waals surface area contributed by atoms with E-state index >= 15 is 0 Å². The Balaban J connectivity index is 1.56. The molecule has 0 spiro atoms. The number of hydrogen-bond donors (Lipinski definition) is 1. The van der Waals surface area contributed by atoms with Crippen molar-refractivity contribution in [3.8, 4) is 5.69 Å². The molecule has 17 heteroatoms. The number of carbonyl (C=O) groups excluding carboxylic acids is 3. The molecule has 4 rings (SSSR count). The predicted molar refractivity (Wildman–Crippen MR) is 154 cm³/mol. The van der Waals surface area contributed by atoms with Crippen LogP contribution in [0.15, 0.2) is 41.7 Å². The normalized spacial score (nSPS) is 14.0. The summed E-state index contributed by atoms with van der Waals surface area (Å²) in [5.41, 5.74) is 1.42. The van der Waals surface area contributed by atoms with Crippen LogP contribution < -0.4 is 10.2 Å². The van der Waals surface area contributed by atoms with Gasteiger partial charge in [-0.25, -0.2) is 27.7 Å². The van der Waals surface area contributed by atoms with Gasteiger partial charge in [0.15, 0.2) is 20.6 Å². The molecule has 0 atom stereocenters. The van der Waals surface area contributed by atoms with Crippen LogP contribution in [0.4, 0.5) is 16.2 Å². The van der Waals surface area contributed by atoms with E-state index in [1.54, 1.807) is 32.0 Å². The lowest BCUT2D eigenvalue weighted by atomic mass is 10.1. The molecule has 3 heterocycles. The minimum atomic E-state index is -3.62. The monoisotopic (exact) mass is 635 g/mol. The highest BCUT2D eigenvalue weighted by Crippen LogP contribution is 2.31. The maximum absolute atomic E-state index is 13.3. The van der Waals surface area contributed by atoms with E-state index in [4.69, 9.17) is 21.1 Å². The molecule has 0 aliphatic carbocycles. The first kappa shape index (κ1) is 31.7. The summed E-state index contributed by atoms with van der Waals surface area (Å²) in [6.45, 7) is 5.65. The van der Waals surface area contributed by atoms with Crippen molar-refractivity contribution in [3.05, 3.63) is 52.9 Å². The van der Waals surface area contributed by atoms with Gasteiger partial charge >= 0.3 is 12.1 Å². The quantitative estimate of drug-likeness (QED) is 0.268. The zero-order chi connectivity index (χ0) is 31.3. The van der Waals surface area contributed by atoms with Crippen molar-refractivity contribution in [2.45, 2.75) is 25.0 Å². The summed E-state index contributed by atoms with van der Waals surface area (Å²) in [7, 11) is -1.60. The van der Waals surface area contributed by atoms with E-state index in [2.05, 4.69) is 35.1 Å². The van der Waals surface area contributed by atoms with Gasteiger partial charge in [-0.05, 0) is 45.2 Å². The molecule has 15 nitrogen and oxygen atoms in total. The summed E-state index contributed by atoms with van der Waals surface area (Å²) in [4.78, 5) is 45.3. The average Bonchev–Trinajstić information content (AvgIpc) is 3.43. The number of carbonyl (C=O) groups is 3. The van der Waals surface area contributed by atoms with Crippen LogP contribution >= 0.6 is 11.6 Å². The van der Waals surface area contributed by atoms with Gasteiger partial charge in [-0.3, -0.25) is 4.79 Å². The molecule has 1 aromatic carbocycles. The van der Waals surface area contributed by atoms with Gasteiger partial charge in [-0.1, -0.05) is 16.8 Å². The number of nitrogens with one attached hydrogen (secondary N) is 1. The van der Waals surface area contributed by atoms with E-state index in [-0.39, 0.29) is 21.3 Å². The molecule has 43 heavy (non-hydrogen) atoms. The number of pyridine rings is 1. The highest BCUT2D eigenvalue weighted by Gasteiger charge is 2.22. The second-order valence-corrected chi connectivity index (χ2v) is 12.2. The van der Waals surface area contributed by atoms with Crippen LogP contribution in [0.25, 0.3) is 5.69 Å². The van der Waals surface area contributed by atoms with E-state index in [1.165, 1.54) is 10.9 Å². The maximum atomic E-state index is 13.3. The van der Waals surface area contributed by atoms with Crippen molar-refractivity contribution in [2.24, 2.45) is 0 Å². The number of nitrogens with zero attached hydrogens (tertiary/aromatic N) is 6. The summed E-state index contributed by atoms with van der Waals surface area (Å²) < 4.78 is 39.4. The molecule has 0 radical (unpaired) electrons. The van der Waals surface area contributed by atoms with Crippen molar-refractivity contribution in [2.75, 3.05) is 56.5 Å². The zero-order valence-corrected chi connectivity index (χ0v) is 25.4. The van der Waals surface area contributed by atoms with Gasteiger partial charge in [-0.2, -0.15) is 0 Å². The lowest BCUT2D eigenvalue weighted by Gasteiger charge is -2.35. The fourth-order valence-corrected chi connectivity index (χ4v) is 4.86. The van der Waals surface area contributed by atoms with Crippen molar-refractivity contribution < 1.29 is 37.0 Å². The first-order valence-electron chi connectivity index (χ1n) is 13.0. The third kappa shape index (κ3) is 8.18. The third-order valence-electron chi connectivity index (χ3n) is 6.19. The zero-order valence-electron chi connectivity index (χ0n) is 23.8. The van der Waals surface area contributed by atoms with Crippen LogP contribution in [0.2, 0.25) is 5.02 Å². The highest BCUT2D eigenvalue weighted by molar-refractivity contribution is 7.90. The second kappa shape index (κ2) is 13.4. The molecule has 1 fully saturated rings. The molecule has 1 aliphatic rings. The average molecular weight is 636 g/mol. The van der Waals surface area contributed by atoms with Gasteiger partial charge in [0.05, 0.1) is 39.9 Å². The smallest absolute Gasteiger partial charge is 0.431 e. The van der Waals surface area contributed by atoms with Gasteiger partial charge < -0.3 is 29.3 Å². The Labute approximate surface area is 252 Å². The molecule has 1 aliphatic heterocycles. The van der Waals surface area contributed by atoms with Gasteiger partial charge in [0, 0.05) is 38.6 Å². The number of aromatic nitrogens is 4. The standard InChI is InChI=1S/C26H30ClN7O8S/c1-16(2)42-26(37)41-15-40-25(36)21-14-34(31-30-21)17-5-6-22(33-9-7-32(3)8-10-33)20(11-17)29-24(35)18-13-28-23(12-19(18)27)43(4,38)39/h5-6,11-14,16H,7-10,15H2,1-4H3,(H,29,35). The molecule has 0 saturated carbocycles. The third-order valence-corrected chi connectivity index (χ3v) is 7.49. The Kier molecular flexibility index (Phi) is 9.83. The van der Waals surface area contributed by atoms with Crippen LogP contribution in [0.3, 0.4) is 0 Å². The maximum Gasteiger partial charge on any atom is 0.511 e. The fraction of sp³-hybridized carbons (Fsp3) is 0.385. The lowest BCUT2D eigenvalue weighted by Crippen LogP contribution is -2.44. The van der Waals surface area contributed by atoms with Crippen molar-refractivity contribution in [1.82, 2.24) is 24.9 Å². The Morgan fingerprint density at radius 3 is 2.47 bits per heavy atom. The fourth-order valence-electron chi connectivity index (χ4n) is 3.98. The molecule has 1 amide bonds. The summed E-state index contributed by atoms with van der Waals surface area (Å²) in [5.74, 6) is -1.49. The van der Waals surface area contributed by atoms with E-state index in [9.17, 15) is 22.8 Å². The van der Waals surface area contributed by atoms with Crippen LogP contribution in [-0.2, 0) is 24.0 Å². The Bertz CT molecular complexity index is 1620. The first-order valence-corrected chi connectivity index (χ1v) is 15.3. The number of halogens is 1. The highest BCUT2D eigenvalue weighted by atomic mass is 35.5. The molecule has 230 valence electrons. The number of sulfone groups is 1.